The van der Waals surface area contributed by atoms with Crippen molar-refractivity contribution in [1.29, 1.82) is 0 Å². The average Bonchev–Trinajstić information content (AvgIpc) is 2.52. The minimum atomic E-state index is -0.471. The summed E-state index contributed by atoms with van der Waals surface area (Å²) < 4.78 is 18.7. The van der Waals surface area contributed by atoms with Gasteiger partial charge < -0.3 is 10.1 Å². The molecule has 2 aromatic rings. The number of carbonyl (C=O) groups excluding carboxylic acids is 1. The van der Waals surface area contributed by atoms with Crippen LogP contribution in [0.15, 0.2) is 42.5 Å². The summed E-state index contributed by atoms with van der Waals surface area (Å²) in [6, 6.07) is 12.1. The summed E-state index contributed by atoms with van der Waals surface area (Å²) >= 11 is 0. The van der Waals surface area contributed by atoms with E-state index in [0.717, 1.165) is 17.5 Å². The monoisotopic (exact) mass is 315 g/mol. The number of para-hydroxylation sites is 1. The Bertz CT molecular complexity index is 685. The molecule has 0 unspecified atom stereocenters. The molecule has 3 nitrogen and oxygen atoms in total. The number of benzene rings is 2. The Morgan fingerprint density at radius 1 is 1.22 bits per heavy atom. The predicted molar refractivity (Wildman–Crippen MR) is 89.0 cm³/mol. The maximum absolute atomic E-state index is 13.5. The van der Waals surface area contributed by atoms with E-state index in [1.165, 1.54) is 17.7 Å². The van der Waals surface area contributed by atoms with E-state index in [1.807, 2.05) is 32.9 Å². The number of ether oxygens (including phenoxy) is 1. The van der Waals surface area contributed by atoms with Gasteiger partial charge in [0.2, 0.25) is 0 Å². The summed E-state index contributed by atoms with van der Waals surface area (Å²) in [4.78, 5) is 12.1. The molecule has 0 saturated heterocycles. The zero-order valence-corrected chi connectivity index (χ0v) is 13.7. The number of rotatable bonds is 6. The van der Waals surface area contributed by atoms with Crippen LogP contribution in [0.2, 0.25) is 0 Å². The van der Waals surface area contributed by atoms with Gasteiger partial charge in [-0.15, -0.1) is 0 Å². The van der Waals surface area contributed by atoms with Crippen molar-refractivity contribution < 1.29 is 13.9 Å². The first-order valence-electron chi connectivity index (χ1n) is 7.75. The van der Waals surface area contributed by atoms with Crippen LogP contribution in [0.4, 0.5) is 4.39 Å². The van der Waals surface area contributed by atoms with Crippen LogP contribution in [-0.2, 0) is 4.79 Å². The molecule has 1 atom stereocenters. The van der Waals surface area contributed by atoms with E-state index in [4.69, 9.17) is 4.74 Å². The maximum Gasteiger partial charge on any atom is 0.258 e. The first-order valence-corrected chi connectivity index (χ1v) is 7.75. The third-order valence-corrected chi connectivity index (χ3v) is 3.74. The standard InChI is InChI=1S/C19H22FNO2/c1-4-17(15-10-9-13(2)11-14(15)3)21-19(22)12-23-18-8-6-5-7-16(18)20/h5-11,17H,4,12H2,1-3H3,(H,21,22)/t17-/m1/s1. The summed E-state index contributed by atoms with van der Waals surface area (Å²) in [5, 5.41) is 2.95. The summed E-state index contributed by atoms with van der Waals surface area (Å²) in [5.41, 5.74) is 3.43. The topological polar surface area (TPSA) is 38.3 Å². The van der Waals surface area contributed by atoms with Crippen LogP contribution < -0.4 is 10.1 Å². The van der Waals surface area contributed by atoms with E-state index in [-0.39, 0.29) is 24.3 Å². The lowest BCUT2D eigenvalue weighted by Gasteiger charge is -2.20. The van der Waals surface area contributed by atoms with Crippen LogP contribution in [0.3, 0.4) is 0 Å². The molecule has 2 aromatic carbocycles. The SMILES string of the molecule is CC[C@@H](NC(=O)COc1ccccc1F)c1ccc(C)cc1C. The molecule has 0 fully saturated rings. The fourth-order valence-corrected chi connectivity index (χ4v) is 2.56. The fourth-order valence-electron chi connectivity index (χ4n) is 2.56. The highest BCUT2D eigenvalue weighted by Crippen LogP contribution is 2.22. The van der Waals surface area contributed by atoms with Crippen LogP contribution >= 0.6 is 0 Å². The molecular weight excluding hydrogens is 293 g/mol. The van der Waals surface area contributed by atoms with E-state index >= 15 is 0 Å². The smallest absolute Gasteiger partial charge is 0.258 e. The van der Waals surface area contributed by atoms with Crippen molar-refractivity contribution in [2.45, 2.75) is 33.2 Å². The van der Waals surface area contributed by atoms with Gasteiger partial charge in [-0.25, -0.2) is 4.39 Å². The lowest BCUT2D eigenvalue weighted by Crippen LogP contribution is -2.32. The lowest BCUT2D eigenvalue weighted by atomic mass is 9.97. The van der Waals surface area contributed by atoms with Crippen molar-refractivity contribution in [2.75, 3.05) is 6.61 Å². The zero-order chi connectivity index (χ0) is 16.8. The second-order valence-corrected chi connectivity index (χ2v) is 5.61. The van der Waals surface area contributed by atoms with Gasteiger partial charge in [-0.1, -0.05) is 42.8 Å². The Morgan fingerprint density at radius 3 is 2.61 bits per heavy atom. The summed E-state index contributed by atoms with van der Waals surface area (Å²) in [5.74, 6) is -0.649. The lowest BCUT2D eigenvalue weighted by molar-refractivity contribution is -0.123. The minimum Gasteiger partial charge on any atom is -0.481 e. The normalized spacial score (nSPS) is 11.8. The van der Waals surface area contributed by atoms with E-state index in [1.54, 1.807) is 12.1 Å². The van der Waals surface area contributed by atoms with Crippen molar-refractivity contribution in [3.63, 3.8) is 0 Å². The van der Waals surface area contributed by atoms with Gasteiger partial charge in [-0.2, -0.15) is 0 Å². The Hall–Kier alpha value is -2.36. The quantitative estimate of drug-likeness (QED) is 0.872. The molecule has 0 aliphatic heterocycles. The Labute approximate surface area is 136 Å². The third kappa shape index (κ3) is 4.55. The molecule has 4 heteroatoms. The van der Waals surface area contributed by atoms with Crippen LogP contribution in [-0.4, -0.2) is 12.5 Å². The van der Waals surface area contributed by atoms with Gasteiger partial charge in [0.15, 0.2) is 18.2 Å². The van der Waals surface area contributed by atoms with Gasteiger partial charge >= 0.3 is 0 Å². The molecule has 2 rings (SSSR count). The minimum absolute atomic E-state index is 0.0766. The van der Waals surface area contributed by atoms with Gasteiger partial charge in [-0.05, 0) is 43.5 Å². The summed E-state index contributed by atoms with van der Waals surface area (Å²) in [6.07, 6.45) is 0.773. The Kier molecular flexibility index (Phi) is 5.74. The highest BCUT2D eigenvalue weighted by Gasteiger charge is 2.15. The molecule has 0 aromatic heterocycles. The van der Waals surface area contributed by atoms with Crippen molar-refractivity contribution in [2.24, 2.45) is 0 Å². The van der Waals surface area contributed by atoms with Gasteiger partial charge in [0.25, 0.3) is 5.91 Å². The van der Waals surface area contributed by atoms with Crippen molar-refractivity contribution in [3.8, 4) is 5.75 Å². The van der Waals surface area contributed by atoms with Crippen molar-refractivity contribution in [1.82, 2.24) is 5.32 Å². The maximum atomic E-state index is 13.5. The van der Waals surface area contributed by atoms with E-state index in [0.29, 0.717) is 0 Å². The molecule has 0 radical (unpaired) electrons. The number of amides is 1. The van der Waals surface area contributed by atoms with Crippen molar-refractivity contribution in [3.05, 3.63) is 65.0 Å². The third-order valence-electron chi connectivity index (χ3n) is 3.74. The number of hydrogen-bond acceptors (Lipinski definition) is 2. The second kappa shape index (κ2) is 7.77. The summed E-state index contributed by atoms with van der Waals surface area (Å²) in [6.45, 7) is 5.88. The molecule has 0 spiro atoms. The zero-order valence-electron chi connectivity index (χ0n) is 13.7. The predicted octanol–water partition coefficient (Wildman–Crippen LogP) is 4.09. The van der Waals surface area contributed by atoms with Crippen LogP contribution in [0, 0.1) is 19.7 Å². The number of halogens is 1. The Morgan fingerprint density at radius 2 is 1.96 bits per heavy atom. The molecule has 122 valence electrons. The molecule has 0 heterocycles. The molecule has 0 aliphatic carbocycles. The van der Waals surface area contributed by atoms with Gasteiger partial charge in [0, 0.05) is 0 Å². The largest absolute Gasteiger partial charge is 0.481 e. The molecule has 0 bridgehead atoms. The first-order chi connectivity index (χ1) is 11.0. The van der Waals surface area contributed by atoms with Gasteiger partial charge in [0.05, 0.1) is 6.04 Å². The number of nitrogens with one attached hydrogen (secondary N) is 1. The second-order valence-electron chi connectivity index (χ2n) is 5.61. The fraction of sp³-hybridized carbons (Fsp3) is 0.316. The molecule has 1 amide bonds. The van der Waals surface area contributed by atoms with Gasteiger partial charge in [0.1, 0.15) is 0 Å². The molecular formula is C19H22FNO2. The molecule has 0 aliphatic rings. The van der Waals surface area contributed by atoms with Crippen LogP contribution in [0.25, 0.3) is 0 Å². The van der Waals surface area contributed by atoms with Gasteiger partial charge in [-0.3, -0.25) is 4.79 Å². The average molecular weight is 315 g/mol. The highest BCUT2D eigenvalue weighted by atomic mass is 19.1. The van der Waals surface area contributed by atoms with Crippen molar-refractivity contribution >= 4 is 5.91 Å². The van der Waals surface area contributed by atoms with E-state index < -0.39 is 5.82 Å². The molecule has 23 heavy (non-hydrogen) atoms. The summed E-state index contributed by atoms with van der Waals surface area (Å²) in [7, 11) is 0. The first kappa shape index (κ1) is 17.0. The number of aryl methyl sites for hydroxylation is 2. The van der Waals surface area contributed by atoms with Crippen LogP contribution in [0.5, 0.6) is 5.75 Å². The number of hydrogen-bond donors (Lipinski definition) is 1. The number of carbonyl (C=O) groups is 1. The molecule has 0 saturated carbocycles. The van der Waals surface area contributed by atoms with Crippen LogP contribution in [0.1, 0.15) is 36.1 Å². The van der Waals surface area contributed by atoms with E-state index in [9.17, 15) is 9.18 Å². The molecule has 1 N–H and O–H groups in total. The Balaban J connectivity index is 1.98. The van der Waals surface area contributed by atoms with E-state index in [2.05, 4.69) is 11.4 Å². The highest BCUT2D eigenvalue weighted by molar-refractivity contribution is 5.78.